The fraction of sp³-hybridized carbons (Fsp3) is 0.633. The van der Waals surface area contributed by atoms with Crippen LogP contribution in [0.1, 0.15) is 55.0 Å². The lowest BCUT2D eigenvalue weighted by atomic mass is 9.84. The largest absolute Gasteiger partial charge is 0.497 e. The highest BCUT2D eigenvalue weighted by Gasteiger charge is 2.40. The van der Waals surface area contributed by atoms with Gasteiger partial charge < -0.3 is 19.1 Å². The van der Waals surface area contributed by atoms with Crippen LogP contribution in [-0.2, 0) is 21.4 Å². The molecule has 1 aromatic carbocycles. The van der Waals surface area contributed by atoms with Crippen molar-refractivity contribution < 1.29 is 17.9 Å². The molecule has 9 nitrogen and oxygen atoms in total. The summed E-state index contributed by atoms with van der Waals surface area (Å²) in [7, 11) is 1.95. The van der Waals surface area contributed by atoms with Crippen LogP contribution in [0.2, 0.25) is 0 Å². The predicted molar refractivity (Wildman–Crippen MR) is 156 cm³/mol. The van der Waals surface area contributed by atoms with E-state index in [-0.39, 0.29) is 11.9 Å². The smallest absolute Gasteiger partial charge is 0.244 e. The molecule has 1 aromatic heterocycles. The Morgan fingerprint density at radius 3 is 2.38 bits per heavy atom. The van der Waals surface area contributed by atoms with Crippen LogP contribution < -0.4 is 4.74 Å². The molecular weight excluding hydrogens is 526 g/mol. The summed E-state index contributed by atoms with van der Waals surface area (Å²) >= 11 is 0. The van der Waals surface area contributed by atoms with Gasteiger partial charge in [0.1, 0.15) is 5.75 Å². The third-order valence-corrected chi connectivity index (χ3v) is 11.5. The van der Waals surface area contributed by atoms with Crippen molar-refractivity contribution in [2.45, 2.75) is 75.5 Å². The van der Waals surface area contributed by atoms with Gasteiger partial charge in [0, 0.05) is 76.7 Å². The molecule has 40 heavy (non-hydrogen) atoms. The summed E-state index contributed by atoms with van der Waals surface area (Å²) < 4.78 is 37.3. The first kappa shape index (κ1) is 29.1. The molecule has 5 rings (SSSR count). The highest BCUT2D eigenvalue weighted by atomic mass is 32.2. The Morgan fingerprint density at radius 1 is 1.05 bits per heavy atom. The number of amides is 1. The second-order valence-electron chi connectivity index (χ2n) is 11.9. The third kappa shape index (κ3) is 5.68. The number of aromatic nitrogens is 1. The molecule has 1 atom stereocenters. The molecular formula is C30H45N5O4S. The number of fused-ring (bicyclic) bond motifs is 1. The summed E-state index contributed by atoms with van der Waals surface area (Å²) in [5, 5.41) is 0. The zero-order chi connectivity index (χ0) is 28.6. The lowest BCUT2D eigenvalue weighted by Gasteiger charge is -2.48. The number of benzene rings is 1. The van der Waals surface area contributed by atoms with Gasteiger partial charge in [-0.3, -0.25) is 9.69 Å². The van der Waals surface area contributed by atoms with Gasteiger partial charge >= 0.3 is 0 Å². The van der Waals surface area contributed by atoms with E-state index in [4.69, 9.17) is 4.74 Å². The molecule has 0 spiro atoms. The second-order valence-corrected chi connectivity index (χ2v) is 13.7. The van der Waals surface area contributed by atoms with Crippen molar-refractivity contribution in [1.82, 2.24) is 23.6 Å². The van der Waals surface area contributed by atoms with E-state index in [9.17, 15) is 13.2 Å². The highest BCUT2D eigenvalue weighted by Crippen LogP contribution is 2.38. The normalized spacial score (nSPS) is 24.4. The van der Waals surface area contributed by atoms with Gasteiger partial charge in [0.15, 0.2) is 0 Å². The third-order valence-electron chi connectivity index (χ3n) is 9.30. The van der Waals surface area contributed by atoms with Gasteiger partial charge in [0.05, 0.1) is 18.0 Å². The maximum atomic E-state index is 14.1. The molecule has 2 aliphatic heterocycles. The van der Waals surface area contributed by atoms with Crippen LogP contribution in [0.25, 0.3) is 0 Å². The molecule has 1 unspecified atom stereocenters. The van der Waals surface area contributed by atoms with Crippen LogP contribution in [0, 0.1) is 13.8 Å². The van der Waals surface area contributed by atoms with Crippen molar-refractivity contribution in [2.75, 3.05) is 53.9 Å². The summed E-state index contributed by atoms with van der Waals surface area (Å²) in [4.78, 5) is 20.4. The van der Waals surface area contributed by atoms with Gasteiger partial charge in [0.2, 0.25) is 15.9 Å². The number of piperazine rings is 1. The average molecular weight is 572 g/mol. The number of carbonyl (C=O) groups excluding carboxylic acids is 1. The van der Waals surface area contributed by atoms with E-state index in [0.717, 1.165) is 44.7 Å². The molecule has 1 saturated heterocycles. The Morgan fingerprint density at radius 2 is 1.73 bits per heavy atom. The lowest BCUT2D eigenvalue weighted by molar-refractivity contribution is -0.135. The molecule has 1 saturated carbocycles. The quantitative estimate of drug-likeness (QED) is 0.460. The SMILES string of the molecule is COc1cc(C)c(S(=O)(=O)N2CCn3cccc3C2CCCC(=O)N(C)C2CC(N3CCN(C)CC3)C2)c(C)c1. The van der Waals surface area contributed by atoms with Crippen molar-refractivity contribution in [3.63, 3.8) is 0 Å². The molecule has 1 aliphatic carbocycles. The molecule has 0 N–H and O–H groups in total. The molecule has 0 bridgehead atoms. The minimum atomic E-state index is -3.75. The first-order valence-corrected chi connectivity index (χ1v) is 16.0. The Bertz CT molecular complexity index is 1290. The number of methoxy groups -OCH3 is 1. The van der Waals surface area contributed by atoms with E-state index in [0.29, 0.717) is 66.2 Å². The van der Waals surface area contributed by atoms with E-state index >= 15 is 0 Å². The fourth-order valence-corrected chi connectivity index (χ4v) is 8.80. The van der Waals surface area contributed by atoms with E-state index in [1.807, 2.05) is 44.1 Å². The van der Waals surface area contributed by atoms with Crippen LogP contribution in [0.3, 0.4) is 0 Å². The summed E-state index contributed by atoms with van der Waals surface area (Å²) in [6, 6.07) is 8.15. The standard InChI is InChI=1S/C30H45N5O4S/c1-22-18-26(39-5)19-23(2)30(22)40(37,38)35-17-16-34-11-7-9-27(34)28(35)8-6-10-29(36)32(4)24-20-25(21-24)33-14-12-31(3)13-15-33/h7,9,11,18-19,24-25,28H,6,8,10,12-17,20-21H2,1-5H3. The molecule has 0 radical (unpaired) electrons. The van der Waals surface area contributed by atoms with Crippen LogP contribution in [0.5, 0.6) is 5.75 Å². The number of hydrogen-bond acceptors (Lipinski definition) is 6. The van der Waals surface area contributed by atoms with Crippen molar-refractivity contribution >= 4 is 15.9 Å². The van der Waals surface area contributed by atoms with Gasteiger partial charge in [-0.2, -0.15) is 4.31 Å². The van der Waals surface area contributed by atoms with Gasteiger partial charge in [-0.25, -0.2) is 8.42 Å². The van der Waals surface area contributed by atoms with Crippen molar-refractivity contribution in [3.8, 4) is 5.75 Å². The van der Waals surface area contributed by atoms with Gasteiger partial charge in [-0.05, 0) is 82.0 Å². The minimum absolute atomic E-state index is 0.157. The lowest BCUT2D eigenvalue weighted by Crippen LogP contribution is -2.58. The van der Waals surface area contributed by atoms with Gasteiger partial charge in [-0.15, -0.1) is 0 Å². The summed E-state index contributed by atoms with van der Waals surface area (Å²) in [5.74, 6) is 0.811. The molecule has 2 fully saturated rings. The average Bonchev–Trinajstić information content (AvgIpc) is 3.37. The van der Waals surface area contributed by atoms with Crippen LogP contribution >= 0.6 is 0 Å². The minimum Gasteiger partial charge on any atom is -0.497 e. The zero-order valence-corrected chi connectivity index (χ0v) is 25.5. The number of rotatable bonds is 9. The Labute approximate surface area is 239 Å². The zero-order valence-electron chi connectivity index (χ0n) is 24.7. The summed E-state index contributed by atoms with van der Waals surface area (Å²) in [6.07, 6.45) is 5.79. The van der Waals surface area contributed by atoms with Crippen molar-refractivity contribution in [1.29, 1.82) is 0 Å². The number of hydrogen-bond donors (Lipinski definition) is 0. The maximum Gasteiger partial charge on any atom is 0.244 e. The topological polar surface area (TPSA) is 78.3 Å². The number of aryl methyl sites for hydroxylation is 2. The Hall–Kier alpha value is -2.40. The summed E-state index contributed by atoms with van der Waals surface area (Å²) in [5.41, 5.74) is 2.36. The highest BCUT2D eigenvalue weighted by molar-refractivity contribution is 7.89. The van der Waals surface area contributed by atoms with E-state index < -0.39 is 10.0 Å². The number of ether oxygens (including phenoxy) is 1. The van der Waals surface area contributed by atoms with E-state index in [1.54, 1.807) is 23.5 Å². The summed E-state index contributed by atoms with van der Waals surface area (Å²) in [6.45, 7) is 9.14. The Kier molecular flexibility index (Phi) is 8.61. The van der Waals surface area contributed by atoms with E-state index in [1.165, 1.54) is 0 Å². The predicted octanol–water partition coefficient (Wildman–Crippen LogP) is 3.27. The Balaban J connectivity index is 1.23. The second kappa shape index (κ2) is 11.8. The monoisotopic (exact) mass is 571 g/mol. The van der Waals surface area contributed by atoms with E-state index in [2.05, 4.69) is 21.4 Å². The van der Waals surface area contributed by atoms with Crippen molar-refractivity contribution in [2.24, 2.45) is 0 Å². The fourth-order valence-electron chi connectivity index (χ4n) is 6.76. The first-order chi connectivity index (χ1) is 19.1. The number of likely N-dealkylation sites (N-methyl/N-ethyl adjacent to an activating group) is 1. The molecule has 220 valence electrons. The number of carbonyl (C=O) groups is 1. The molecule has 10 heteroatoms. The van der Waals surface area contributed by atoms with Crippen LogP contribution in [0.15, 0.2) is 35.4 Å². The van der Waals surface area contributed by atoms with Crippen molar-refractivity contribution in [3.05, 3.63) is 47.3 Å². The first-order valence-electron chi connectivity index (χ1n) is 14.6. The number of sulfonamides is 1. The van der Waals surface area contributed by atoms with Crippen LogP contribution in [-0.4, -0.2) is 104 Å². The molecule has 3 aliphatic rings. The van der Waals surface area contributed by atoms with Gasteiger partial charge in [-0.1, -0.05) is 0 Å². The van der Waals surface area contributed by atoms with Gasteiger partial charge in [0.25, 0.3) is 0 Å². The number of nitrogens with zero attached hydrogens (tertiary/aromatic N) is 5. The molecule has 2 aromatic rings. The maximum absolute atomic E-state index is 14.1. The van der Waals surface area contributed by atoms with Crippen LogP contribution in [0.4, 0.5) is 0 Å². The molecule has 1 amide bonds. The molecule has 3 heterocycles.